The molecule has 0 aromatic carbocycles. The average Bonchev–Trinajstić information content (AvgIpc) is 2.56. The molecule has 4 heteroatoms. The quantitative estimate of drug-likeness (QED) is 0.755. The molecule has 0 unspecified atom stereocenters. The van der Waals surface area contributed by atoms with Gasteiger partial charge in [0.05, 0.1) is 5.88 Å². The topological polar surface area (TPSA) is 16.1 Å². The van der Waals surface area contributed by atoms with Gasteiger partial charge in [-0.05, 0) is 12.1 Å². The van der Waals surface area contributed by atoms with Crippen LogP contribution in [0.25, 0.3) is 0 Å². The second-order valence-corrected chi connectivity index (χ2v) is 4.62. The fraction of sp³-hybridized carbons (Fsp3) is 0.375. The van der Waals surface area contributed by atoms with Gasteiger partial charge < -0.3 is 4.90 Å². The van der Waals surface area contributed by atoms with Gasteiger partial charge in [0.15, 0.2) is 0 Å². The first-order valence-corrected chi connectivity index (χ1v) is 5.75. The first-order chi connectivity index (χ1) is 5.86. The van der Waals surface area contributed by atoms with E-state index in [0.29, 0.717) is 0 Å². The van der Waals surface area contributed by atoms with Crippen molar-refractivity contribution in [2.75, 3.05) is 23.1 Å². The summed E-state index contributed by atoms with van der Waals surface area (Å²) in [6.07, 6.45) is 1.84. The van der Waals surface area contributed by atoms with E-state index in [9.17, 15) is 0 Å². The van der Waals surface area contributed by atoms with Gasteiger partial charge >= 0.3 is 0 Å². The van der Waals surface area contributed by atoms with Crippen molar-refractivity contribution in [3.05, 3.63) is 22.8 Å². The second kappa shape index (κ2) is 3.66. The summed E-state index contributed by atoms with van der Waals surface area (Å²) in [7, 11) is 0. The first kappa shape index (κ1) is 8.38. The van der Waals surface area contributed by atoms with Crippen molar-refractivity contribution < 1.29 is 0 Å². The minimum atomic E-state index is 1.07. The average molecular weight is 245 g/mol. The number of hydrogen-bond donors (Lipinski definition) is 0. The van der Waals surface area contributed by atoms with Gasteiger partial charge in [-0.2, -0.15) is 0 Å². The van der Waals surface area contributed by atoms with E-state index < -0.39 is 0 Å². The summed E-state index contributed by atoms with van der Waals surface area (Å²) in [5.41, 5.74) is 0. The van der Waals surface area contributed by atoms with Crippen LogP contribution in [0.1, 0.15) is 0 Å². The smallest absolute Gasteiger partial charge is 0.130 e. The van der Waals surface area contributed by atoms with Crippen molar-refractivity contribution in [2.24, 2.45) is 0 Å². The molecule has 64 valence electrons. The van der Waals surface area contributed by atoms with Crippen LogP contribution in [-0.4, -0.2) is 23.2 Å². The van der Waals surface area contributed by atoms with E-state index in [0.717, 1.165) is 22.7 Å². The van der Waals surface area contributed by atoms with Crippen LogP contribution in [0, 0.1) is 0 Å². The predicted octanol–water partition coefficient (Wildman–Crippen LogP) is 2.35. The fourth-order valence-corrected chi connectivity index (χ4v) is 2.44. The SMILES string of the molecule is Brc1ccnc(N2CCSC2)c1. The lowest BCUT2D eigenvalue weighted by Crippen LogP contribution is -2.18. The van der Waals surface area contributed by atoms with Gasteiger partial charge in [-0.1, -0.05) is 15.9 Å². The molecule has 0 amide bonds. The predicted molar refractivity (Wildman–Crippen MR) is 56.6 cm³/mol. The van der Waals surface area contributed by atoms with E-state index >= 15 is 0 Å². The van der Waals surface area contributed by atoms with E-state index in [4.69, 9.17) is 0 Å². The Labute approximate surface area is 84.5 Å². The molecule has 1 saturated heterocycles. The first-order valence-electron chi connectivity index (χ1n) is 3.80. The standard InChI is InChI=1S/C8H9BrN2S/c9-7-1-2-10-8(5-7)11-3-4-12-6-11/h1-2,5H,3-4,6H2. The van der Waals surface area contributed by atoms with Crippen LogP contribution >= 0.6 is 27.7 Å². The summed E-state index contributed by atoms with van der Waals surface area (Å²) in [4.78, 5) is 6.59. The largest absolute Gasteiger partial charge is 0.347 e. The van der Waals surface area contributed by atoms with Crippen LogP contribution in [0.3, 0.4) is 0 Å². The third-order valence-corrected chi connectivity index (χ3v) is 3.24. The molecule has 1 aliphatic rings. The number of pyridine rings is 1. The summed E-state index contributed by atoms with van der Waals surface area (Å²) >= 11 is 5.39. The van der Waals surface area contributed by atoms with Crippen LogP contribution < -0.4 is 4.90 Å². The number of hydrogen-bond acceptors (Lipinski definition) is 3. The number of anilines is 1. The summed E-state index contributed by atoms with van der Waals surface area (Å²) in [5.74, 6) is 3.37. The lowest BCUT2D eigenvalue weighted by molar-refractivity contribution is 0.958. The molecule has 2 heterocycles. The van der Waals surface area contributed by atoms with E-state index in [2.05, 4.69) is 31.9 Å². The van der Waals surface area contributed by atoms with Crippen LogP contribution in [0.5, 0.6) is 0 Å². The summed E-state index contributed by atoms with van der Waals surface area (Å²) < 4.78 is 1.10. The Morgan fingerprint density at radius 1 is 1.58 bits per heavy atom. The van der Waals surface area contributed by atoms with Gasteiger partial charge in [-0.15, -0.1) is 11.8 Å². The lowest BCUT2D eigenvalue weighted by atomic mass is 10.4. The van der Waals surface area contributed by atoms with Gasteiger partial charge in [0.2, 0.25) is 0 Å². The number of aromatic nitrogens is 1. The van der Waals surface area contributed by atoms with Gasteiger partial charge in [0, 0.05) is 23.0 Å². The molecular formula is C8H9BrN2S. The summed E-state index contributed by atoms with van der Waals surface area (Å²) in [6, 6.07) is 4.01. The molecule has 12 heavy (non-hydrogen) atoms. The Hall–Kier alpha value is -0.220. The van der Waals surface area contributed by atoms with Gasteiger partial charge in [-0.3, -0.25) is 0 Å². The molecule has 0 N–H and O–H groups in total. The number of thioether (sulfide) groups is 1. The Morgan fingerprint density at radius 2 is 2.50 bits per heavy atom. The van der Waals surface area contributed by atoms with Crippen molar-refractivity contribution in [3.63, 3.8) is 0 Å². The highest BCUT2D eigenvalue weighted by molar-refractivity contribution is 9.10. The Bertz CT molecular complexity index is 274. The van der Waals surface area contributed by atoms with E-state index in [1.165, 1.54) is 5.75 Å². The zero-order valence-electron chi connectivity index (χ0n) is 6.53. The van der Waals surface area contributed by atoms with E-state index in [1.807, 2.05) is 24.0 Å². The number of rotatable bonds is 1. The zero-order chi connectivity index (χ0) is 8.39. The van der Waals surface area contributed by atoms with Crippen molar-refractivity contribution in [2.45, 2.75) is 0 Å². The van der Waals surface area contributed by atoms with Crippen molar-refractivity contribution in [1.82, 2.24) is 4.98 Å². The Balaban J connectivity index is 2.21. The minimum absolute atomic E-state index is 1.07. The summed E-state index contributed by atoms with van der Waals surface area (Å²) in [5, 5.41) is 0. The van der Waals surface area contributed by atoms with E-state index in [1.54, 1.807) is 0 Å². The Kier molecular flexibility index (Phi) is 2.56. The zero-order valence-corrected chi connectivity index (χ0v) is 8.94. The molecule has 2 rings (SSSR count). The van der Waals surface area contributed by atoms with Crippen molar-refractivity contribution >= 4 is 33.5 Å². The number of nitrogens with zero attached hydrogens (tertiary/aromatic N) is 2. The van der Waals surface area contributed by atoms with Crippen LogP contribution in [-0.2, 0) is 0 Å². The third kappa shape index (κ3) is 1.75. The van der Waals surface area contributed by atoms with Gasteiger partial charge in [0.25, 0.3) is 0 Å². The van der Waals surface area contributed by atoms with Gasteiger partial charge in [0.1, 0.15) is 5.82 Å². The molecule has 0 saturated carbocycles. The molecular weight excluding hydrogens is 236 g/mol. The molecule has 1 aromatic rings. The molecule has 2 nitrogen and oxygen atoms in total. The lowest BCUT2D eigenvalue weighted by Gasteiger charge is -2.14. The molecule has 1 aliphatic heterocycles. The maximum Gasteiger partial charge on any atom is 0.130 e. The molecule has 1 fully saturated rings. The molecule has 0 atom stereocenters. The molecule has 0 bridgehead atoms. The molecule has 0 spiro atoms. The van der Waals surface area contributed by atoms with Crippen LogP contribution in [0.15, 0.2) is 22.8 Å². The van der Waals surface area contributed by atoms with Crippen LogP contribution in [0.2, 0.25) is 0 Å². The van der Waals surface area contributed by atoms with Crippen molar-refractivity contribution in [1.29, 1.82) is 0 Å². The summed E-state index contributed by atoms with van der Waals surface area (Å²) in [6.45, 7) is 1.12. The highest BCUT2D eigenvalue weighted by Crippen LogP contribution is 2.22. The normalized spacial score (nSPS) is 16.9. The fourth-order valence-electron chi connectivity index (χ4n) is 1.16. The van der Waals surface area contributed by atoms with Crippen LogP contribution in [0.4, 0.5) is 5.82 Å². The highest BCUT2D eigenvalue weighted by atomic mass is 79.9. The number of halogens is 1. The van der Waals surface area contributed by atoms with E-state index in [-0.39, 0.29) is 0 Å². The molecule has 0 radical (unpaired) electrons. The van der Waals surface area contributed by atoms with Crippen molar-refractivity contribution in [3.8, 4) is 0 Å². The minimum Gasteiger partial charge on any atom is -0.347 e. The third-order valence-electron chi connectivity index (χ3n) is 1.78. The highest BCUT2D eigenvalue weighted by Gasteiger charge is 2.13. The second-order valence-electron chi connectivity index (χ2n) is 2.63. The molecule has 1 aromatic heterocycles. The van der Waals surface area contributed by atoms with Gasteiger partial charge in [-0.25, -0.2) is 4.98 Å². The maximum absolute atomic E-state index is 4.30. The molecule has 0 aliphatic carbocycles. The monoisotopic (exact) mass is 244 g/mol. The maximum atomic E-state index is 4.30. The Morgan fingerprint density at radius 3 is 3.17 bits per heavy atom.